The number of aromatic nitrogens is 3. The second kappa shape index (κ2) is 11.2. The molecular formula is C25H23N5O3S. The van der Waals surface area contributed by atoms with Crippen molar-refractivity contribution in [3.05, 3.63) is 84.4 Å². The van der Waals surface area contributed by atoms with Gasteiger partial charge in [-0.25, -0.2) is 5.43 Å². The molecule has 9 heteroatoms. The van der Waals surface area contributed by atoms with E-state index in [-0.39, 0.29) is 11.7 Å². The fourth-order valence-electron chi connectivity index (χ4n) is 3.30. The maximum Gasteiger partial charge on any atom is 0.250 e. The fraction of sp³-hybridized carbons (Fsp3) is 0.120. The normalized spacial score (nSPS) is 10.9. The molecule has 4 rings (SSSR count). The van der Waals surface area contributed by atoms with Gasteiger partial charge in [-0.3, -0.25) is 9.36 Å². The van der Waals surface area contributed by atoms with Crippen molar-refractivity contribution in [2.24, 2.45) is 5.10 Å². The molecule has 34 heavy (non-hydrogen) atoms. The van der Waals surface area contributed by atoms with E-state index in [0.29, 0.717) is 28.0 Å². The Labute approximate surface area is 201 Å². The molecule has 0 aliphatic rings. The Bertz CT molecular complexity index is 1280. The number of rotatable bonds is 9. The lowest BCUT2D eigenvalue weighted by molar-refractivity contribution is -0.118. The number of nitrogens with zero attached hydrogens (tertiary/aromatic N) is 4. The van der Waals surface area contributed by atoms with Crippen LogP contribution in [0.5, 0.6) is 11.5 Å². The summed E-state index contributed by atoms with van der Waals surface area (Å²) >= 11 is 1.28. The molecule has 0 fully saturated rings. The number of nitrogens with one attached hydrogen (secondary N) is 1. The summed E-state index contributed by atoms with van der Waals surface area (Å²) in [6.07, 6.45) is 1.52. The number of amides is 1. The van der Waals surface area contributed by atoms with Crippen LogP contribution in [-0.2, 0) is 4.79 Å². The molecule has 1 amide bonds. The summed E-state index contributed by atoms with van der Waals surface area (Å²) < 4.78 is 12.6. The van der Waals surface area contributed by atoms with Crippen molar-refractivity contribution in [3.63, 3.8) is 0 Å². The second-order valence-electron chi connectivity index (χ2n) is 7.01. The zero-order valence-electron chi connectivity index (χ0n) is 18.7. The quantitative estimate of drug-likeness (QED) is 0.223. The van der Waals surface area contributed by atoms with Crippen molar-refractivity contribution in [1.82, 2.24) is 20.2 Å². The van der Waals surface area contributed by atoms with E-state index in [1.807, 2.05) is 77.4 Å². The van der Waals surface area contributed by atoms with Crippen LogP contribution >= 0.6 is 11.8 Å². The highest BCUT2D eigenvalue weighted by atomic mass is 32.2. The Hall–Kier alpha value is -4.11. The SMILES string of the molecule is COc1cccc(/C=N\NC(=O)CSc2nnc(-c3ccccc3)n2-c2ccccc2)c1OC. The third-order valence-corrected chi connectivity index (χ3v) is 5.77. The standard InChI is InChI=1S/C25H23N5O3S/c1-32-21-15-9-12-19(23(21)33-2)16-26-27-22(31)17-34-25-29-28-24(18-10-5-3-6-11-18)30(25)20-13-7-4-8-14-20/h3-16H,17H2,1-2H3,(H,27,31)/b26-16-. The lowest BCUT2D eigenvalue weighted by atomic mass is 10.2. The maximum absolute atomic E-state index is 12.4. The Morgan fingerprint density at radius 3 is 2.41 bits per heavy atom. The van der Waals surface area contributed by atoms with Gasteiger partial charge in [0.25, 0.3) is 5.91 Å². The van der Waals surface area contributed by atoms with Gasteiger partial charge < -0.3 is 9.47 Å². The van der Waals surface area contributed by atoms with Gasteiger partial charge in [0.2, 0.25) is 0 Å². The van der Waals surface area contributed by atoms with E-state index < -0.39 is 0 Å². The van der Waals surface area contributed by atoms with Gasteiger partial charge in [-0.15, -0.1) is 10.2 Å². The van der Waals surface area contributed by atoms with Crippen LogP contribution in [0.1, 0.15) is 5.56 Å². The average molecular weight is 474 g/mol. The Morgan fingerprint density at radius 1 is 0.971 bits per heavy atom. The second-order valence-corrected chi connectivity index (χ2v) is 7.95. The van der Waals surface area contributed by atoms with E-state index in [4.69, 9.17) is 9.47 Å². The van der Waals surface area contributed by atoms with Gasteiger partial charge >= 0.3 is 0 Å². The number of benzene rings is 3. The first-order valence-electron chi connectivity index (χ1n) is 10.4. The number of carbonyl (C=O) groups excluding carboxylic acids is 1. The van der Waals surface area contributed by atoms with Crippen LogP contribution in [-0.4, -0.2) is 46.9 Å². The number of hydrazone groups is 1. The Kier molecular flexibility index (Phi) is 7.56. The van der Waals surface area contributed by atoms with Crippen molar-refractivity contribution in [1.29, 1.82) is 0 Å². The van der Waals surface area contributed by atoms with Gasteiger partial charge in [0.1, 0.15) is 0 Å². The van der Waals surface area contributed by atoms with Crippen LogP contribution < -0.4 is 14.9 Å². The van der Waals surface area contributed by atoms with Gasteiger partial charge in [-0.05, 0) is 24.3 Å². The molecule has 0 spiro atoms. The summed E-state index contributed by atoms with van der Waals surface area (Å²) in [6, 6.07) is 25.1. The molecule has 0 saturated carbocycles. The molecule has 0 unspecified atom stereocenters. The summed E-state index contributed by atoms with van der Waals surface area (Å²) in [4.78, 5) is 12.4. The average Bonchev–Trinajstić information content (AvgIpc) is 3.32. The predicted molar refractivity (Wildman–Crippen MR) is 133 cm³/mol. The molecule has 1 aromatic heterocycles. The molecule has 0 aliphatic carbocycles. The largest absolute Gasteiger partial charge is 0.493 e. The fourth-order valence-corrected chi connectivity index (χ4v) is 4.04. The van der Waals surface area contributed by atoms with Gasteiger partial charge in [0.05, 0.1) is 26.2 Å². The maximum atomic E-state index is 12.4. The van der Waals surface area contributed by atoms with Crippen LogP contribution in [0.2, 0.25) is 0 Å². The molecule has 1 heterocycles. The van der Waals surface area contributed by atoms with E-state index in [1.165, 1.54) is 18.0 Å². The minimum Gasteiger partial charge on any atom is -0.493 e. The first-order valence-corrected chi connectivity index (χ1v) is 11.4. The van der Waals surface area contributed by atoms with E-state index in [9.17, 15) is 4.79 Å². The summed E-state index contributed by atoms with van der Waals surface area (Å²) in [5, 5.41) is 13.4. The smallest absolute Gasteiger partial charge is 0.250 e. The first-order chi connectivity index (χ1) is 16.7. The number of ether oxygens (including phenoxy) is 2. The zero-order chi connectivity index (χ0) is 23.8. The van der Waals surface area contributed by atoms with Crippen molar-refractivity contribution in [2.45, 2.75) is 5.16 Å². The van der Waals surface area contributed by atoms with E-state index in [2.05, 4.69) is 20.7 Å². The topological polar surface area (TPSA) is 90.6 Å². The van der Waals surface area contributed by atoms with Crippen molar-refractivity contribution in [2.75, 3.05) is 20.0 Å². The van der Waals surface area contributed by atoms with Gasteiger partial charge in [-0.1, -0.05) is 66.4 Å². The van der Waals surface area contributed by atoms with E-state index in [0.717, 1.165) is 11.3 Å². The number of thioether (sulfide) groups is 1. The molecule has 172 valence electrons. The van der Waals surface area contributed by atoms with Crippen molar-refractivity contribution in [3.8, 4) is 28.6 Å². The molecule has 8 nitrogen and oxygen atoms in total. The predicted octanol–water partition coefficient (Wildman–Crippen LogP) is 4.19. The number of hydrogen-bond acceptors (Lipinski definition) is 7. The number of methoxy groups -OCH3 is 2. The highest BCUT2D eigenvalue weighted by Gasteiger charge is 2.17. The van der Waals surface area contributed by atoms with Crippen molar-refractivity contribution < 1.29 is 14.3 Å². The third kappa shape index (κ3) is 5.26. The monoisotopic (exact) mass is 473 g/mol. The lowest BCUT2D eigenvalue weighted by Gasteiger charge is -2.10. The molecule has 1 N–H and O–H groups in total. The van der Waals surface area contributed by atoms with Crippen LogP contribution in [0.4, 0.5) is 0 Å². The summed E-state index contributed by atoms with van der Waals surface area (Å²) in [5.74, 6) is 1.68. The molecule has 0 aliphatic heterocycles. The molecule has 4 aromatic rings. The summed E-state index contributed by atoms with van der Waals surface area (Å²) in [6.45, 7) is 0. The number of carbonyl (C=O) groups is 1. The zero-order valence-corrected chi connectivity index (χ0v) is 19.5. The first kappa shape index (κ1) is 23.1. The Morgan fingerprint density at radius 2 is 1.71 bits per heavy atom. The minimum atomic E-state index is -0.271. The molecule has 3 aromatic carbocycles. The molecule has 0 bridgehead atoms. The van der Waals surface area contributed by atoms with Gasteiger partial charge in [0, 0.05) is 16.8 Å². The summed E-state index contributed by atoms with van der Waals surface area (Å²) in [5.41, 5.74) is 5.08. The molecule has 0 atom stereocenters. The molecular weight excluding hydrogens is 450 g/mol. The highest BCUT2D eigenvalue weighted by Crippen LogP contribution is 2.30. The molecule has 0 saturated heterocycles. The lowest BCUT2D eigenvalue weighted by Crippen LogP contribution is -2.20. The van der Waals surface area contributed by atoms with E-state index in [1.54, 1.807) is 20.3 Å². The summed E-state index contributed by atoms with van der Waals surface area (Å²) in [7, 11) is 3.12. The van der Waals surface area contributed by atoms with Crippen LogP contribution in [0, 0.1) is 0 Å². The van der Waals surface area contributed by atoms with Crippen LogP contribution in [0.3, 0.4) is 0 Å². The van der Waals surface area contributed by atoms with Crippen molar-refractivity contribution >= 4 is 23.9 Å². The van der Waals surface area contributed by atoms with E-state index >= 15 is 0 Å². The van der Waals surface area contributed by atoms with Gasteiger partial charge in [-0.2, -0.15) is 5.10 Å². The minimum absolute atomic E-state index is 0.117. The number of para-hydroxylation sites is 2. The highest BCUT2D eigenvalue weighted by molar-refractivity contribution is 7.99. The third-order valence-electron chi connectivity index (χ3n) is 4.84. The Balaban J connectivity index is 1.47. The molecule has 0 radical (unpaired) electrons. The number of hydrogen-bond donors (Lipinski definition) is 1. The van der Waals surface area contributed by atoms with Crippen LogP contribution in [0.15, 0.2) is 89.1 Å². The van der Waals surface area contributed by atoms with Gasteiger partial charge in [0.15, 0.2) is 22.5 Å². The van der Waals surface area contributed by atoms with Crippen LogP contribution in [0.25, 0.3) is 17.1 Å².